The lowest BCUT2D eigenvalue weighted by atomic mass is 10.2. The Morgan fingerprint density at radius 2 is 2.15 bits per heavy atom. The number of amides is 1. The summed E-state index contributed by atoms with van der Waals surface area (Å²) in [5.74, 6) is 0.769. The van der Waals surface area contributed by atoms with Crippen molar-refractivity contribution < 1.29 is 26.7 Å². The Hall–Kier alpha value is -1.30. The van der Waals surface area contributed by atoms with Gasteiger partial charge in [0.15, 0.2) is 0 Å². The van der Waals surface area contributed by atoms with Gasteiger partial charge in [-0.1, -0.05) is 6.07 Å². The molecule has 0 aliphatic carbocycles. The number of nitrogens with one attached hydrogen (secondary N) is 1. The molecule has 1 aromatic rings. The molecule has 1 heterocycles. The summed E-state index contributed by atoms with van der Waals surface area (Å²) in [5.41, 5.74) is 0.770. The maximum atomic E-state index is 11.8. The lowest BCUT2D eigenvalue weighted by molar-refractivity contribution is -0.116. The average Bonchev–Trinajstić information content (AvgIpc) is 2.46. The van der Waals surface area contributed by atoms with E-state index in [-0.39, 0.29) is 18.3 Å². The maximum Gasteiger partial charge on any atom is 0.225 e. The molecule has 1 aromatic carbocycles. The van der Waals surface area contributed by atoms with Crippen LogP contribution in [-0.2, 0) is 9.53 Å². The Bertz CT molecular complexity index is 423. The van der Waals surface area contributed by atoms with E-state index in [1.807, 2.05) is 24.3 Å². The molecule has 1 fully saturated rings. The SMILES string of the molecule is COc1cccc(NC(=O)CCN2CCOCC2)c1.[Cl-]. The summed E-state index contributed by atoms with van der Waals surface area (Å²) in [6, 6.07) is 7.38. The number of benzene rings is 1. The fourth-order valence-electron chi connectivity index (χ4n) is 2.01. The predicted molar refractivity (Wildman–Crippen MR) is 73.5 cm³/mol. The number of methoxy groups -OCH3 is 1. The van der Waals surface area contributed by atoms with E-state index in [0.717, 1.165) is 44.3 Å². The number of halogens is 1. The number of anilines is 1. The fourth-order valence-corrected chi connectivity index (χ4v) is 2.01. The van der Waals surface area contributed by atoms with Crippen molar-refractivity contribution in [3.63, 3.8) is 0 Å². The molecule has 0 aromatic heterocycles. The topological polar surface area (TPSA) is 50.8 Å². The second-order valence-corrected chi connectivity index (χ2v) is 4.48. The molecule has 1 N–H and O–H groups in total. The second kappa shape index (κ2) is 8.79. The molecular formula is C14H20ClN2O3-. The summed E-state index contributed by atoms with van der Waals surface area (Å²) in [6.45, 7) is 4.12. The number of carbonyl (C=O) groups excluding carboxylic acids is 1. The zero-order chi connectivity index (χ0) is 13.5. The van der Waals surface area contributed by atoms with E-state index in [1.165, 1.54) is 0 Å². The van der Waals surface area contributed by atoms with Crippen LogP contribution < -0.4 is 22.5 Å². The van der Waals surface area contributed by atoms with Crippen molar-refractivity contribution in [2.45, 2.75) is 6.42 Å². The Morgan fingerprint density at radius 1 is 1.40 bits per heavy atom. The van der Waals surface area contributed by atoms with Gasteiger partial charge in [-0.2, -0.15) is 0 Å². The molecule has 6 heteroatoms. The van der Waals surface area contributed by atoms with Crippen LogP contribution in [0.3, 0.4) is 0 Å². The van der Waals surface area contributed by atoms with E-state index in [2.05, 4.69) is 10.2 Å². The van der Waals surface area contributed by atoms with E-state index < -0.39 is 0 Å². The highest BCUT2D eigenvalue weighted by molar-refractivity contribution is 5.90. The summed E-state index contributed by atoms with van der Waals surface area (Å²) in [7, 11) is 1.61. The van der Waals surface area contributed by atoms with Gasteiger partial charge in [0, 0.05) is 37.8 Å². The van der Waals surface area contributed by atoms with E-state index >= 15 is 0 Å². The third-order valence-electron chi connectivity index (χ3n) is 3.11. The molecule has 20 heavy (non-hydrogen) atoms. The van der Waals surface area contributed by atoms with Crippen molar-refractivity contribution in [2.24, 2.45) is 0 Å². The normalized spacial score (nSPS) is 15.2. The molecule has 1 aliphatic rings. The van der Waals surface area contributed by atoms with E-state index in [4.69, 9.17) is 9.47 Å². The smallest absolute Gasteiger partial charge is 0.225 e. The molecule has 1 amide bonds. The highest BCUT2D eigenvalue weighted by Crippen LogP contribution is 2.16. The predicted octanol–water partition coefficient (Wildman–Crippen LogP) is -1.64. The first-order valence-electron chi connectivity index (χ1n) is 6.52. The molecule has 112 valence electrons. The number of hydrogen-bond acceptors (Lipinski definition) is 4. The summed E-state index contributed by atoms with van der Waals surface area (Å²) < 4.78 is 10.4. The second-order valence-electron chi connectivity index (χ2n) is 4.48. The number of carbonyl (C=O) groups is 1. The Balaban J connectivity index is 0.00000200. The largest absolute Gasteiger partial charge is 1.00 e. The van der Waals surface area contributed by atoms with Crippen LogP contribution in [0, 0.1) is 0 Å². The van der Waals surface area contributed by atoms with Crippen molar-refractivity contribution in [3.05, 3.63) is 24.3 Å². The molecule has 1 aliphatic heterocycles. The molecule has 0 spiro atoms. The maximum absolute atomic E-state index is 11.8. The Kier molecular flexibility index (Phi) is 7.36. The first-order valence-corrected chi connectivity index (χ1v) is 6.52. The van der Waals surface area contributed by atoms with Crippen molar-refractivity contribution in [1.82, 2.24) is 4.90 Å². The van der Waals surface area contributed by atoms with Crippen LogP contribution in [0.1, 0.15) is 6.42 Å². The molecular weight excluding hydrogens is 280 g/mol. The van der Waals surface area contributed by atoms with Crippen LogP contribution in [0.15, 0.2) is 24.3 Å². The van der Waals surface area contributed by atoms with Gasteiger partial charge in [-0.15, -0.1) is 0 Å². The highest BCUT2D eigenvalue weighted by atomic mass is 35.5. The van der Waals surface area contributed by atoms with Crippen LogP contribution in [0.2, 0.25) is 0 Å². The van der Waals surface area contributed by atoms with Gasteiger partial charge in [-0.3, -0.25) is 9.69 Å². The minimum atomic E-state index is 0. The summed E-state index contributed by atoms with van der Waals surface area (Å²) in [6.07, 6.45) is 0.497. The summed E-state index contributed by atoms with van der Waals surface area (Å²) >= 11 is 0. The van der Waals surface area contributed by atoms with Crippen LogP contribution >= 0.6 is 0 Å². The van der Waals surface area contributed by atoms with Crippen LogP contribution in [-0.4, -0.2) is 50.8 Å². The molecule has 5 nitrogen and oxygen atoms in total. The standard InChI is InChI=1S/C14H20N2O3.ClH/c1-18-13-4-2-3-12(11-13)15-14(17)5-6-16-7-9-19-10-8-16;/h2-4,11H,5-10H2,1H3,(H,15,17);1H/p-1. The van der Waals surface area contributed by atoms with Crippen molar-refractivity contribution >= 4 is 11.6 Å². The minimum absolute atomic E-state index is 0. The number of morpholine rings is 1. The number of nitrogens with zero attached hydrogens (tertiary/aromatic N) is 1. The summed E-state index contributed by atoms with van der Waals surface area (Å²) in [4.78, 5) is 14.1. The zero-order valence-corrected chi connectivity index (χ0v) is 12.4. The molecule has 1 saturated heterocycles. The van der Waals surface area contributed by atoms with Gasteiger partial charge >= 0.3 is 0 Å². The third-order valence-corrected chi connectivity index (χ3v) is 3.11. The fraction of sp³-hybridized carbons (Fsp3) is 0.500. The third kappa shape index (κ3) is 5.36. The number of ether oxygens (including phenoxy) is 2. The first-order chi connectivity index (χ1) is 9.28. The van der Waals surface area contributed by atoms with Crippen molar-refractivity contribution in [2.75, 3.05) is 45.3 Å². The van der Waals surface area contributed by atoms with Gasteiger partial charge < -0.3 is 27.2 Å². The van der Waals surface area contributed by atoms with Gasteiger partial charge in [-0.25, -0.2) is 0 Å². The highest BCUT2D eigenvalue weighted by Gasteiger charge is 2.12. The van der Waals surface area contributed by atoms with Gasteiger partial charge in [-0.05, 0) is 12.1 Å². The van der Waals surface area contributed by atoms with Crippen LogP contribution in [0.5, 0.6) is 5.75 Å². The average molecular weight is 300 g/mol. The Labute approximate surface area is 125 Å². The van der Waals surface area contributed by atoms with Gasteiger partial charge in [0.25, 0.3) is 0 Å². The van der Waals surface area contributed by atoms with Gasteiger partial charge in [0.2, 0.25) is 5.91 Å². The van der Waals surface area contributed by atoms with Crippen LogP contribution in [0.4, 0.5) is 5.69 Å². The Morgan fingerprint density at radius 3 is 2.85 bits per heavy atom. The molecule has 2 rings (SSSR count). The molecule has 0 radical (unpaired) electrons. The molecule has 0 unspecified atom stereocenters. The van der Waals surface area contributed by atoms with E-state index in [0.29, 0.717) is 6.42 Å². The lowest BCUT2D eigenvalue weighted by Crippen LogP contribution is -3.00. The van der Waals surface area contributed by atoms with Gasteiger partial charge in [0.05, 0.1) is 20.3 Å². The summed E-state index contributed by atoms with van der Waals surface area (Å²) in [5, 5.41) is 2.88. The quantitative estimate of drug-likeness (QED) is 0.709. The molecule has 0 atom stereocenters. The zero-order valence-electron chi connectivity index (χ0n) is 11.6. The van der Waals surface area contributed by atoms with Crippen LogP contribution in [0.25, 0.3) is 0 Å². The van der Waals surface area contributed by atoms with Gasteiger partial charge in [0.1, 0.15) is 5.75 Å². The van der Waals surface area contributed by atoms with E-state index in [9.17, 15) is 4.79 Å². The molecule has 0 saturated carbocycles. The van der Waals surface area contributed by atoms with E-state index in [1.54, 1.807) is 7.11 Å². The number of rotatable bonds is 5. The van der Waals surface area contributed by atoms with Crippen molar-refractivity contribution in [3.8, 4) is 5.75 Å². The van der Waals surface area contributed by atoms with Crippen molar-refractivity contribution in [1.29, 1.82) is 0 Å². The number of hydrogen-bond donors (Lipinski definition) is 1. The molecule has 0 bridgehead atoms. The lowest BCUT2D eigenvalue weighted by Gasteiger charge is -2.26. The minimum Gasteiger partial charge on any atom is -1.00 e. The first kappa shape index (κ1) is 16.8. The monoisotopic (exact) mass is 299 g/mol.